The van der Waals surface area contributed by atoms with Crippen molar-refractivity contribution in [3.63, 3.8) is 0 Å². The second-order valence-electron chi connectivity index (χ2n) is 3.60. The van der Waals surface area contributed by atoms with Crippen LogP contribution in [0.1, 0.15) is 20.3 Å². The maximum Gasteiger partial charge on any atom is 0.307 e. The molecule has 1 aromatic rings. The molecule has 100 valence electrons. The molecule has 0 amide bonds. The molecule has 0 aromatic carbocycles. The zero-order valence-corrected chi connectivity index (χ0v) is 11.0. The average Bonchev–Trinajstić information content (AvgIpc) is 2.37. The molecule has 0 saturated carbocycles. The van der Waals surface area contributed by atoms with Crippen molar-refractivity contribution in [2.75, 3.05) is 31.7 Å². The van der Waals surface area contributed by atoms with Crippen molar-refractivity contribution in [3.05, 3.63) is 12.3 Å². The molecule has 0 radical (unpaired) electrons. The van der Waals surface area contributed by atoms with Crippen LogP contribution in [0.2, 0.25) is 0 Å². The van der Waals surface area contributed by atoms with E-state index in [1.807, 2.05) is 14.0 Å². The van der Waals surface area contributed by atoms with E-state index in [1.165, 1.54) is 0 Å². The molecule has 0 aliphatic heterocycles. The third kappa shape index (κ3) is 4.57. The Labute approximate surface area is 107 Å². The molecule has 0 spiro atoms. The quantitative estimate of drug-likeness (QED) is 0.682. The number of ether oxygens (including phenoxy) is 2. The third-order valence-corrected chi connectivity index (χ3v) is 2.21. The summed E-state index contributed by atoms with van der Waals surface area (Å²) in [5, 5.41) is 0. The molecule has 18 heavy (non-hydrogen) atoms. The number of carbonyl (C=O) groups is 1. The summed E-state index contributed by atoms with van der Waals surface area (Å²) in [5.41, 5.74) is 0. The van der Waals surface area contributed by atoms with E-state index >= 15 is 0 Å². The van der Waals surface area contributed by atoms with E-state index in [1.54, 1.807) is 24.1 Å². The van der Waals surface area contributed by atoms with Crippen LogP contribution in [0.15, 0.2) is 12.3 Å². The maximum atomic E-state index is 11.2. The SMILES string of the molecule is CCOC(=O)CCN(C)c1nccc(OCC)n1. The average molecular weight is 253 g/mol. The number of hydrogen-bond acceptors (Lipinski definition) is 6. The molecule has 0 aliphatic carbocycles. The van der Waals surface area contributed by atoms with Gasteiger partial charge in [-0.05, 0) is 13.8 Å². The maximum absolute atomic E-state index is 11.2. The van der Waals surface area contributed by atoms with E-state index in [4.69, 9.17) is 9.47 Å². The van der Waals surface area contributed by atoms with E-state index in [0.717, 1.165) is 0 Å². The van der Waals surface area contributed by atoms with Crippen molar-refractivity contribution in [1.29, 1.82) is 0 Å². The van der Waals surface area contributed by atoms with E-state index in [2.05, 4.69) is 9.97 Å². The zero-order chi connectivity index (χ0) is 13.4. The normalized spacial score (nSPS) is 9.94. The molecule has 6 nitrogen and oxygen atoms in total. The molecule has 0 bridgehead atoms. The smallest absolute Gasteiger partial charge is 0.307 e. The van der Waals surface area contributed by atoms with Crippen molar-refractivity contribution < 1.29 is 14.3 Å². The van der Waals surface area contributed by atoms with Crippen LogP contribution in [0.3, 0.4) is 0 Å². The van der Waals surface area contributed by atoms with Gasteiger partial charge in [0.15, 0.2) is 0 Å². The molecule has 1 aromatic heterocycles. The Kier molecular flexibility index (Phi) is 5.90. The molecule has 0 atom stereocenters. The number of hydrogen-bond donors (Lipinski definition) is 0. The zero-order valence-electron chi connectivity index (χ0n) is 11.0. The van der Waals surface area contributed by atoms with Gasteiger partial charge in [-0.25, -0.2) is 4.98 Å². The van der Waals surface area contributed by atoms with Crippen LogP contribution in [0.5, 0.6) is 5.88 Å². The van der Waals surface area contributed by atoms with Crippen molar-refractivity contribution in [2.45, 2.75) is 20.3 Å². The minimum absolute atomic E-state index is 0.217. The Morgan fingerprint density at radius 2 is 2.17 bits per heavy atom. The van der Waals surface area contributed by atoms with E-state index in [9.17, 15) is 4.79 Å². The van der Waals surface area contributed by atoms with Gasteiger partial charge in [0.25, 0.3) is 0 Å². The van der Waals surface area contributed by atoms with Gasteiger partial charge in [0, 0.05) is 25.9 Å². The number of esters is 1. The number of carbonyl (C=O) groups excluding carboxylic acids is 1. The van der Waals surface area contributed by atoms with E-state index < -0.39 is 0 Å². The summed E-state index contributed by atoms with van der Waals surface area (Å²) >= 11 is 0. The van der Waals surface area contributed by atoms with Crippen molar-refractivity contribution >= 4 is 11.9 Å². The topological polar surface area (TPSA) is 64.5 Å². The molecule has 6 heteroatoms. The molecule has 0 N–H and O–H groups in total. The standard InChI is InChI=1S/C12H19N3O3/c1-4-17-10-6-8-13-12(14-10)15(3)9-7-11(16)18-5-2/h6,8H,4-5,7,9H2,1-3H3. The Balaban J connectivity index is 2.52. The second kappa shape index (κ2) is 7.47. The van der Waals surface area contributed by atoms with Gasteiger partial charge in [-0.3, -0.25) is 4.79 Å². The van der Waals surface area contributed by atoms with Gasteiger partial charge >= 0.3 is 5.97 Å². The molecule has 0 aliphatic rings. The monoisotopic (exact) mass is 253 g/mol. The van der Waals surface area contributed by atoms with Crippen LogP contribution in [0.4, 0.5) is 5.95 Å². The lowest BCUT2D eigenvalue weighted by Gasteiger charge is -2.16. The van der Waals surface area contributed by atoms with Crippen molar-refractivity contribution in [3.8, 4) is 5.88 Å². The highest BCUT2D eigenvalue weighted by atomic mass is 16.5. The predicted molar refractivity (Wildman–Crippen MR) is 67.7 cm³/mol. The lowest BCUT2D eigenvalue weighted by Crippen LogP contribution is -2.24. The van der Waals surface area contributed by atoms with Crippen molar-refractivity contribution in [1.82, 2.24) is 9.97 Å². The lowest BCUT2D eigenvalue weighted by molar-refractivity contribution is -0.142. The summed E-state index contributed by atoms with van der Waals surface area (Å²) in [5.74, 6) is 0.848. The van der Waals surface area contributed by atoms with Gasteiger partial charge in [-0.2, -0.15) is 4.98 Å². The molecule has 1 rings (SSSR count). The molecule has 1 heterocycles. The fraction of sp³-hybridized carbons (Fsp3) is 0.583. The highest BCUT2D eigenvalue weighted by Gasteiger charge is 2.09. The largest absolute Gasteiger partial charge is 0.478 e. The van der Waals surface area contributed by atoms with Gasteiger partial charge in [-0.15, -0.1) is 0 Å². The first kappa shape index (κ1) is 14.2. The summed E-state index contributed by atoms with van der Waals surface area (Å²) in [6.45, 7) is 5.15. The molecule has 0 unspecified atom stereocenters. The highest BCUT2D eigenvalue weighted by Crippen LogP contribution is 2.11. The second-order valence-corrected chi connectivity index (χ2v) is 3.60. The van der Waals surface area contributed by atoms with E-state index in [0.29, 0.717) is 38.0 Å². The fourth-order valence-corrected chi connectivity index (χ4v) is 1.34. The summed E-state index contributed by atoms with van der Waals surface area (Å²) in [6, 6.07) is 1.70. The Morgan fingerprint density at radius 3 is 2.83 bits per heavy atom. The van der Waals surface area contributed by atoms with Crippen LogP contribution in [0, 0.1) is 0 Å². The first-order valence-corrected chi connectivity index (χ1v) is 6.00. The van der Waals surface area contributed by atoms with Gasteiger partial charge in [0.2, 0.25) is 11.8 Å². The van der Waals surface area contributed by atoms with Gasteiger partial charge < -0.3 is 14.4 Å². The number of aromatic nitrogens is 2. The van der Waals surface area contributed by atoms with E-state index in [-0.39, 0.29) is 5.97 Å². The first-order valence-electron chi connectivity index (χ1n) is 6.00. The summed E-state index contributed by atoms with van der Waals surface area (Å²) in [6.07, 6.45) is 1.95. The number of nitrogens with zero attached hydrogens (tertiary/aromatic N) is 3. The Morgan fingerprint density at radius 1 is 1.39 bits per heavy atom. The third-order valence-electron chi connectivity index (χ3n) is 2.21. The lowest BCUT2D eigenvalue weighted by atomic mass is 10.4. The molecule has 0 fully saturated rings. The Bertz CT molecular complexity index is 385. The minimum atomic E-state index is -0.217. The summed E-state index contributed by atoms with van der Waals surface area (Å²) in [7, 11) is 1.82. The summed E-state index contributed by atoms with van der Waals surface area (Å²) < 4.78 is 10.2. The Hall–Kier alpha value is -1.85. The predicted octanol–water partition coefficient (Wildman–Crippen LogP) is 1.26. The van der Waals surface area contributed by atoms with Crippen LogP contribution in [0.25, 0.3) is 0 Å². The highest BCUT2D eigenvalue weighted by molar-refractivity contribution is 5.70. The van der Waals surface area contributed by atoms with Gasteiger partial charge in [0.05, 0.1) is 19.6 Å². The minimum Gasteiger partial charge on any atom is -0.478 e. The fourth-order valence-electron chi connectivity index (χ4n) is 1.34. The molecular weight excluding hydrogens is 234 g/mol. The molecule has 0 saturated heterocycles. The van der Waals surface area contributed by atoms with Crippen LogP contribution >= 0.6 is 0 Å². The number of anilines is 1. The van der Waals surface area contributed by atoms with Crippen LogP contribution < -0.4 is 9.64 Å². The van der Waals surface area contributed by atoms with Crippen LogP contribution in [-0.2, 0) is 9.53 Å². The van der Waals surface area contributed by atoms with Crippen molar-refractivity contribution in [2.24, 2.45) is 0 Å². The number of rotatable bonds is 7. The first-order chi connectivity index (χ1) is 8.67. The van der Waals surface area contributed by atoms with Gasteiger partial charge in [0.1, 0.15) is 0 Å². The van der Waals surface area contributed by atoms with Gasteiger partial charge in [-0.1, -0.05) is 0 Å². The van der Waals surface area contributed by atoms with Crippen LogP contribution in [-0.4, -0.2) is 42.7 Å². The summed E-state index contributed by atoms with van der Waals surface area (Å²) in [4.78, 5) is 21.4. The molecular formula is C12H19N3O3.